The minimum atomic E-state index is -0.326. The fraction of sp³-hybridized carbons (Fsp3) is 0.125. The van der Waals surface area contributed by atoms with E-state index in [-0.39, 0.29) is 17.6 Å². The third kappa shape index (κ3) is 3.89. The van der Waals surface area contributed by atoms with Gasteiger partial charge in [0.05, 0.1) is 0 Å². The average Bonchev–Trinajstić information content (AvgIpc) is 2.42. The van der Waals surface area contributed by atoms with E-state index in [1.165, 1.54) is 19.1 Å². The lowest BCUT2D eigenvalue weighted by Crippen LogP contribution is -2.13. The molecule has 0 saturated heterocycles. The molecule has 0 aliphatic heterocycles. The lowest BCUT2D eigenvalue weighted by molar-refractivity contribution is -0.114. The Labute approximate surface area is 122 Å². The number of hydrogen-bond donors (Lipinski definition) is 2. The summed E-state index contributed by atoms with van der Waals surface area (Å²) in [6.45, 7) is 3.02. The minimum absolute atomic E-state index is 0.207. The van der Waals surface area contributed by atoms with Crippen molar-refractivity contribution in [1.82, 2.24) is 0 Å². The maximum atomic E-state index is 13.2. The lowest BCUT2D eigenvalue weighted by atomic mass is 10.1. The van der Waals surface area contributed by atoms with E-state index in [0.29, 0.717) is 22.5 Å². The van der Waals surface area contributed by atoms with Gasteiger partial charge in [0, 0.05) is 23.9 Å². The fourth-order valence-electron chi connectivity index (χ4n) is 1.87. The molecule has 2 amide bonds. The molecular formula is C16H15FN2O2. The number of anilines is 2. The maximum absolute atomic E-state index is 13.2. The summed E-state index contributed by atoms with van der Waals surface area (Å²) in [4.78, 5) is 23.1. The van der Waals surface area contributed by atoms with E-state index in [0.717, 1.165) is 0 Å². The molecule has 108 valence electrons. The van der Waals surface area contributed by atoms with Gasteiger partial charge in [-0.1, -0.05) is 6.07 Å². The summed E-state index contributed by atoms with van der Waals surface area (Å²) in [7, 11) is 0. The molecule has 21 heavy (non-hydrogen) atoms. The van der Waals surface area contributed by atoms with Crippen molar-refractivity contribution in [3.05, 3.63) is 59.4 Å². The molecule has 2 N–H and O–H groups in total. The zero-order valence-corrected chi connectivity index (χ0v) is 11.7. The molecule has 0 fully saturated rings. The van der Waals surface area contributed by atoms with Crippen LogP contribution in [0.5, 0.6) is 0 Å². The summed E-state index contributed by atoms with van der Waals surface area (Å²) in [6.07, 6.45) is 0. The zero-order chi connectivity index (χ0) is 15.4. The van der Waals surface area contributed by atoms with Crippen LogP contribution < -0.4 is 10.6 Å². The predicted octanol–water partition coefficient (Wildman–Crippen LogP) is 3.34. The molecule has 0 unspecified atom stereocenters. The first-order valence-corrected chi connectivity index (χ1v) is 6.41. The van der Waals surface area contributed by atoms with Crippen LogP contribution in [0.25, 0.3) is 0 Å². The molecular weight excluding hydrogens is 271 g/mol. The molecule has 0 bridgehead atoms. The van der Waals surface area contributed by atoms with E-state index >= 15 is 0 Å². The Hall–Kier alpha value is -2.69. The van der Waals surface area contributed by atoms with Crippen LogP contribution in [-0.4, -0.2) is 11.8 Å². The third-order valence-corrected chi connectivity index (χ3v) is 2.86. The molecule has 0 atom stereocenters. The van der Waals surface area contributed by atoms with Crippen LogP contribution in [0.3, 0.4) is 0 Å². The summed E-state index contributed by atoms with van der Waals surface area (Å²) in [5, 5.41) is 5.30. The zero-order valence-electron chi connectivity index (χ0n) is 11.7. The van der Waals surface area contributed by atoms with Gasteiger partial charge in [-0.2, -0.15) is 0 Å². The van der Waals surface area contributed by atoms with E-state index in [1.54, 1.807) is 37.3 Å². The largest absolute Gasteiger partial charge is 0.326 e. The van der Waals surface area contributed by atoms with Crippen LogP contribution in [-0.2, 0) is 4.79 Å². The Bertz CT molecular complexity index is 698. The SMILES string of the molecule is CC(=O)Nc1cccc(C(=O)Nc2ccc(F)c(C)c2)c1. The van der Waals surface area contributed by atoms with E-state index in [9.17, 15) is 14.0 Å². The van der Waals surface area contributed by atoms with Crippen LogP contribution in [0.15, 0.2) is 42.5 Å². The molecule has 0 radical (unpaired) electrons. The summed E-state index contributed by atoms with van der Waals surface area (Å²) >= 11 is 0. The Morgan fingerprint density at radius 3 is 2.38 bits per heavy atom. The Balaban J connectivity index is 2.16. The van der Waals surface area contributed by atoms with Gasteiger partial charge in [0.2, 0.25) is 5.91 Å². The molecule has 2 aromatic carbocycles. The van der Waals surface area contributed by atoms with Gasteiger partial charge in [-0.25, -0.2) is 4.39 Å². The number of amides is 2. The predicted molar refractivity (Wildman–Crippen MR) is 79.8 cm³/mol. The maximum Gasteiger partial charge on any atom is 0.255 e. The summed E-state index contributed by atoms with van der Waals surface area (Å²) in [5.41, 5.74) is 1.93. The van der Waals surface area contributed by atoms with Crippen molar-refractivity contribution in [1.29, 1.82) is 0 Å². The first-order chi connectivity index (χ1) is 9.95. The molecule has 0 aliphatic carbocycles. The van der Waals surface area contributed by atoms with E-state index < -0.39 is 0 Å². The van der Waals surface area contributed by atoms with Crippen molar-refractivity contribution < 1.29 is 14.0 Å². The Morgan fingerprint density at radius 2 is 1.71 bits per heavy atom. The van der Waals surface area contributed by atoms with Crippen molar-refractivity contribution in [2.45, 2.75) is 13.8 Å². The fourth-order valence-corrected chi connectivity index (χ4v) is 1.87. The van der Waals surface area contributed by atoms with Gasteiger partial charge in [-0.3, -0.25) is 9.59 Å². The minimum Gasteiger partial charge on any atom is -0.326 e. The number of benzene rings is 2. The standard InChI is InChI=1S/C16H15FN2O2/c1-10-8-14(6-7-15(10)17)19-16(21)12-4-3-5-13(9-12)18-11(2)20/h3-9H,1-2H3,(H,18,20)(H,19,21). The Morgan fingerprint density at radius 1 is 1.00 bits per heavy atom. The monoisotopic (exact) mass is 286 g/mol. The smallest absolute Gasteiger partial charge is 0.255 e. The number of carbonyl (C=O) groups is 2. The lowest BCUT2D eigenvalue weighted by Gasteiger charge is -2.08. The van der Waals surface area contributed by atoms with Crippen LogP contribution >= 0.6 is 0 Å². The quantitative estimate of drug-likeness (QED) is 0.909. The molecule has 0 saturated carbocycles. The van der Waals surface area contributed by atoms with Crippen molar-refractivity contribution in [2.24, 2.45) is 0 Å². The molecule has 0 aliphatic rings. The van der Waals surface area contributed by atoms with Crippen molar-refractivity contribution >= 4 is 23.2 Å². The van der Waals surface area contributed by atoms with Gasteiger partial charge in [0.25, 0.3) is 5.91 Å². The normalized spacial score (nSPS) is 10.0. The number of carbonyl (C=O) groups excluding carboxylic acids is 2. The van der Waals surface area contributed by atoms with Crippen LogP contribution in [0.4, 0.5) is 15.8 Å². The van der Waals surface area contributed by atoms with Gasteiger partial charge >= 0.3 is 0 Å². The molecule has 2 aromatic rings. The highest BCUT2D eigenvalue weighted by molar-refractivity contribution is 6.05. The summed E-state index contributed by atoms with van der Waals surface area (Å²) in [5.74, 6) is -0.851. The van der Waals surface area contributed by atoms with Gasteiger partial charge in [-0.15, -0.1) is 0 Å². The molecule has 0 aromatic heterocycles. The highest BCUT2D eigenvalue weighted by Gasteiger charge is 2.08. The van der Waals surface area contributed by atoms with Gasteiger partial charge in [0.1, 0.15) is 5.82 Å². The molecule has 0 heterocycles. The second-order valence-corrected chi connectivity index (χ2v) is 4.68. The molecule has 5 heteroatoms. The molecule has 2 rings (SSSR count). The first kappa shape index (κ1) is 14.7. The van der Waals surface area contributed by atoms with Gasteiger partial charge < -0.3 is 10.6 Å². The highest BCUT2D eigenvalue weighted by Crippen LogP contribution is 2.16. The number of hydrogen-bond acceptors (Lipinski definition) is 2. The Kier molecular flexibility index (Phi) is 4.33. The number of nitrogens with one attached hydrogen (secondary N) is 2. The average molecular weight is 286 g/mol. The van der Waals surface area contributed by atoms with Crippen molar-refractivity contribution in [3.63, 3.8) is 0 Å². The van der Waals surface area contributed by atoms with E-state index in [2.05, 4.69) is 10.6 Å². The molecule has 0 spiro atoms. The van der Waals surface area contributed by atoms with Crippen LogP contribution in [0.2, 0.25) is 0 Å². The third-order valence-electron chi connectivity index (χ3n) is 2.86. The first-order valence-electron chi connectivity index (χ1n) is 6.41. The number of rotatable bonds is 3. The van der Waals surface area contributed by atoms with Crippen LogP contribution in [0.1, 0.15) is 22.8 Å². The summed E-state index contributed by atoms with van der Waals surface area (Å²) < 4.78 is 13.2. The second-order valence-electron chi connectivity index (χ2n) is 4.68. The van der Waals surface area contributed by atoms with E-state index in [4.69, 9.17) is 0 Å². The molecule has 4 nitrogen and oxygen atoms in total. The van der Waals surface area contributed by atoms with E-state index in [1.807, 2.05) is 0 Å². The van der Waals surface area contributed by atoms with Crippen molar-refractivity contribution in [2.75, 3.05) is 10.6 Å². The topological polar surface area (TPSA) is 58.2 Å². The second kappa shape index (κ2) is 6.17. The van der Waals surface area contributed by atoms with Crippen LogP contribution in [0, 0.1) is 12.7 Å². The highest BCUT2D eigenvalue weighted by atomic mass is 19.1. The van der Waals surface area contributed by atoms with Gasteiger partial charge in [0.15, 0.2) is 0 Å². The van der Waals surface area contributed by atoms with Gasteiger partial charge in [-0.05, 0) is 48.9 Å². The van der Waals surface area contributed by atoms with Crippen molar-refractivity contribution in [3.8, 4) is 0 Å². The number of halogens is 1. The number of aryl methyl sites for hydroxylation is 1. The summed E-state index contributed by atoms with van der Waals surface area (Å²) in [6, 6.07) is 10.9.